The second-order valence-corrected chi connectivity index (χ2v) is 7.45. The molecular weight excluding hydrogens is 279 g/mol. The Morgan fingerprint density at radius 1 is 1.20 bits per heavy atom. The van der Waals surface area contributed by atoms with Gasteiger partial charge in [0.1, 0.15) is 5.82 Å². The Hall–Kier alpha value is -1.14. The maximum atomic E-state index is 13.7. The van der Waals surface area contributed by atoms with Crippen LogP contribution in [0.4, 0.5) is 10.1 Å². The Balaban J connectivity index is 2.05. The van der Waals surface area contributed by atoms with Crippen LogP contribution in [0.3, 0.4) is 0 Å². The predicted molar refractivity (Wildman–Crippen MR) is 78.9 cm³/mol. The zero-order valence-electron chi connectivity index (χ0n) is 11.9. The Labute approximate surface area is 120 Å². The molecule has 20 heavy (non-hydrogen) atoms. The summed E-state index contributed by atoms with van der Waals surface area (Å²) in [4.78, 5) is 1.90. The highest BCUT2D eigenvalue weighted by Gasteiger charge is 2.31. The largest absolute Gasteiger partial charge is 0.367 e. The molecule has 1 atom stereocenters. The highest BCUT2D eigenvalue weighted by atomic mass is 32.2. The van der Waals surface area contributed by atoms with E-state index in [1.54, 1.807) is 25.1 Å². The SMILES string of the molecule is CCC(C)S(=O)(=O)N1CCN(c2ccccc2F)CC1. The van der Waals surface area contributed by atoms with Crippen molar-refractivity contribution >= 4 is 15.7 Å². The third-order valence-electron chi connectivity index (χ3n) is 3.88. The molecule has 0 N–H and O–H groups in total. The van der Waals surface area contributed by atoms with E-state index in [0.29, 0.717) is 38.3 Å². The van der Waals surface area contributed by atoms with Gasteiger partial charge < -0.3 is 4.90 Å². The zero-order chi connectivity index (χ0) is 14.8. The number of anilines is 1. The van der Waals surface area contributed by atoms with Crippen LogP contribution in [0.2, 0.25) is 0 Å². The molecule has 1 aliphatic rings. The van der Waals surface area contributed by atoms with Gasteiger partial charge in [-0.25, -0.2) is 12.8 Å². The molecule has 0 aliphatic carbocycles. The number of piperazine rings is 1. The number of nitrogens with zero attached hydrogens (tertiary/aromatic N) is 2. The molecule has 2 rings (SSSR count). The van der Waals surface area contributed by atoms with Crippen molar-refractivity contribution in [2.75, 3.05) is 31.1 Å². The quantitative estimate of drug-likeness (QED) is 0.855. The molecule has 1 saturated heterocycles. The maximum absolute atomic E-state index is 13.7. The van der Waals surface area contributed by atoms with E-state index in [2.05, 4.69) is 0 Å². The van der Waals surface area contributed by atoms with Crippen molar-refractivity contribution in [1.82, 2.24) is 4.31 Å². The average Bonchev–Trinajstić information content (AvgIpc) is 2.47. The van der Waals surface area contributed by atoms with Crippen molar-refractivity contribution in [3.63, 3.8) is 0 Å². The number of halogens is 1. The molecule has 0 aromatic heterocycles. The average molecular weight is 300 g/mol. The normalized spacial score (nSPS) is 19.1. The van der Waals surface area contributed by atoms with Crippen LogP contribution in [0.25, 0.3) is 0 Å². The molecular formula is C14H21FN2O2S. The van der Waals surface area contributed by atoms with Crippen molar-refractivity contribution < 1.29 is 12.8 Å². The van der Waals surface area contributed by atoms with Crippen LogP contribution >= 0.6 is 0 Å². The fraction of sp³-hybridized carbons (Fsp3) is 0.571. The minimum absolute atomic E-state index is 0.259. The van der Waals surface area contributed by atoms with Crippen LogP contribution in [0.1, 0.15) is 20.3 Å². The van der Waals surface area contributed by atoms with E-state index in [4.69, 9.17) is 0 Å². The molecule has 0 bridgehead atoms. The summed E-state index contributed by atoms with van der Waals surface area (Å²) in [5, 5.41) is -0.359. The molecule has 1 heterocycles. The fourth-order valence-electron chi connectivity index (χ4n) is 2.36. The summed E-state index contributed by atoms with van der Waals surface area (Å²) in [5.74, 6) is -0.259. The highest BCUT2D eigenvalue weighted by Crippen LogP contribution is 2.22. The van der Waals surface area contributed by atoms with Crippen LogP contribution in [0.15, 0.2) is 24.3 Å². The highest BCUT2D eigenvalue weighted by molar-refractivity contribution is 7.89. The molecule has 1 aromatic rings. The first-order valence-electron chi connectivity index (χ1n) is 6.95. The number of sulfonamides is 1. The van der Waals surface area contributed by atoms with E-state index in [1.807, 2.05) is 11.8 Å². The summed E-state index contributed by atoms with van der Waals surface area (Å²) < 4.78 is 39.8. The molecule has 0 saturated carbocycles. The summed E-state index contributed by atoms with van der Waals surface area (Å²) in [6, 6.07) is 6.61. The Kier molecular flexibility index (Phi) is 4.65. The minimum Gasteiger partial charge on any atom is -0.367 e. The van der Waals surface area contributed by atoms with Gasteiger partial charge >= 0.3 is 0 Å². The molecule has 112 valence electrons. The van der Waals surface area contributed by atoms with Gasteiger partial charge in [-0.05, 0) is 25.5 Å². The summed E-state index contributed by atoms with van der Waals surface area (Å²) in [7, 11) is -3.21. The summed E-state index contributed by atoms with van der Waals surface area (Å²) in [6.07, 6.45) is 0.607. The number of para-hydroxylation sites is 1. The predicted octanol–water partition coefficient (Wildman–Crippen LogP) is 2.08. The van der Waals surface area contributed by atoms with Crippen molar-refractivity contribution in [3.05, 3.63) is 30.1 Å². The third kappa shape index (κ3) is 2.96. The third-order valence-corrected chi connectivity index (χ3v) is 6.31. The molecule has 1 aromatic carbocycles. The van der Waals surface area contributed by atoms with Crippen LogP contribution in [0, 0.1) is 5.82 Å². The second kappa shape index (κ2) is 6.10. The number of benzene rings is 1. The first-order chi connectivity index (χ1) is 9.46. The van der Waals surface area contributed by atoms with E-state index in [1.165, 1.54) is 10.4 Å². The number of rotatable bonds is 4. The fourth-order valence-corrected chi connectivity index (χ4v) is 3.96. The number of hydrogen-bond acceptors (Lipinski definition) is 3. The number of hydrogen-bond donors (Lipinski definition) is 0. The Morgan fingerprint density at radius 3 is 2.35 bits per heavy atom. The van der Waals surface area contributed by atoms with Gasteiger partial charge in [-0.1, -0.05) is 19.1 Å². The van der Waals surface area contributed by atoms with Crippen molar-refractivity contribution in [3.8, 4) is 0 Å². The molecule has 0 amide bonds. The van der Waals surface area contributed by atoms with Gasteiger partial charge in [0.15, 0.2) is 0 Å². The van der Waals surface area contributed by atoms with Gasteiger partial charge in [0.25, 0.3) is 0 Å². The van der Waals surface area contributed by atoms with Gasteiger partial charge in [0, 0.05) is 26.2 Å². The Bertz CT molecular complexity index is 554. The van der Waals surface area contributed by atoms with Gasteiger partial charge in [-0.3, -0.25) is 0 Å². The minimum atomic E-state index is -3.21. The van der Waals surface area contributed by atoms with Crippen LogP contribution in [-0.4, -0.2) is 44.2 Å². The lowest BCUT2D eigenvalue weighted by atomic mass is 10.2. The van der Waals surface area contributed by atoms with Gasteiger partial charge in [-0.2, -0.15) is 4.31 Å². The lowest BCUT2D eigenvalue weighted by molar-refractivity contribution is 0.377. The summed E-state index contributed by atoms with van der Waals surface area (Å²) in [6.45, 7) is 5.49. The lowest BCUT2D eigenvalue weighted by Crippen LogP contribution is -2.50. The molecule has 6 heteroatoms. The second-order valence-electron chi connectivity index (χ2n) is 5.10. The zero-order valence-corrected chi connectivity index (χ0v) is 12.7. The Morgan fingerprint density at radius 2 is 1.80 bits per heavy atom. The molecule has 1 unspecified atom stereocenters. The molecule has 1 fully saturated rings. The van der Waals surface area contributed by atoms with E-state index in [9.17, 15) is 12.8 Å². The summed E-state index contributed by atoms with van der Waals surface area (Å²) in [5.41, 5.74) is 0.549. The maximum Gasteiger partial charge on any atom is 0.216 e. The first kappa shape index (κ1) is 15.3. The lowest BCUT2D eigenvalue weighted by Gasteiger charge is -2.36. The van der Waals surface area contributed by atoms with Gasteiger partial charge in [-0.15, -0.1) is 0 Å². The first-order valence-corrected chi connectivity index (χ1v) is 8.45. The standard InChI is InChI=1S/C14H21FN2O2S/c1-3-12(2)20(18,19)17-10-8-16(9-11-17)14-7-5-4-6-13(14)15/h4-7,12H,3,8-11H2,1-2H3. The molecule has 0 radical (unpaired) electrons. The van der Waals surface area contributed by atoms with E-state index in [0.717, 1.165) is 0 Å². The van der Waals surface area contributed by atoms with Crippen molar-refractivity contribution in [2.24, 2.45) is 0 Å². The van der Waals surface area contributed by atoms with E-state index >= 15 is 0 Å². The topological polar surface area (TPSA) is 40.6 Å². The van der Waals surface area contributed by atoms with Crippen LogP contribution < -0.4 is 4.90 Å². The van der Waals surface area contributed by atoms with Crippen LogP contribution in [-0.2, 0) is 10.0 Å². The van der Waals surface area contributed by atoms with Gasteiger partial charge in [0.2, 0.25) is 10.0 Å². The monoisotopic (exact) mass is 300 g/mol. The van der Waals surface area contributed by atoms with Crippen LogP contribution in [0.5, 0.6) is 0 Å². The molecule has 0 spiro atoms. The van der Waals surface area contributed by atoms with E-state index in [-0.39, 0.29) is 11.1 Å². The molecule has 1 aliphatic heterocycles. The smallest absolute Gasteiger partial charge is 0.216 e. The van der Waals surface area contributed by atoms with E-state index < -0.39 is 10.0 Å². The van der Waals surface area contributed by atoms with Gasteiger partial charge in [0.05, 0.1) is 10.9 Å². The molecule has 4 nitrogen and oxygen atoms in total. The van der Waals surface area contributed by atoms with Crippen molar-refractivity contribution in [2.45, 2.75) is 25.5 Å². The van der Waals surface area contributed by atoms with Crippen molar-refractivity contribution in [1.29, 1.82) is 0 Å². The summed E-state index contributed by atoms with van der Waals surface area (Å²) >= 11 is 0.